The van der Waals surface area contributed by atoms with Gasteiger partial charge in [0.2, 0.25) is 0 Å². The van der Waals surface area contributed by atoms with Crippen molar-refractivity contribution in [3.05, 3.63) is 52.2 Å². The number of aliphatic hydroxyl groups excluding tert-OH is 1. The number of rotatable bonds is 5. The maximum atomic E-state index is 10.1. The second-order valence-electron chi connectivity index (χ2n) is 3.91. The van der Waals surface area contributed by atoms with Crippen LogP contribution in [0.4, 0.5) is 0 Å². The molecule has 1 atom stereocenters. The van der Waals surface area contributed by atoms with Gasteiger partial charge in [-0.05, 0) is 42.0 Å². The Bertz CT molecular complexity index is 451. The highest BCUT2D eigenvalue weighted by atomic mass is 32.1. The van der Waals surface area contributed by atoms with Gasteiger partial charge in [-0.2, -0.15) is 0 Å². The van der Waals surface area contributed by atoms with Crippen LogP contribution in [-0.2, 0) is 6.42 Å². The van der Waals surface area contributed by atoms with Crippen molar-refractivity contribution in [1.29, 1.82) is 0 Å². The zero-order valence-corrected chi connectivity index (χ0v) is 10.6. The number of benzene rings is 1. The highest BCUT2D eigenvalue weighted by Crippen LogP contribution is 2.23. The van der Waals surface area contributed by atoms with Gasteiger partial charge in [0.05, 0.1) is 13.2 Å². The van der Waals surface area contributed by atoms with Gasteiger partial charge in [-0.1, -0.05) is 18.2 Å². The van der Waals surface area contributed by atoms with Crippen molar-refractivity contribution in [2.75, 3.05) is 7.11 Å². The van der Waals surface area contributed by atoms with Crippen LogP contribution in [0.1, 0.15) is 23.0 Å². The first kappa shape index (κ1) is 12.1. The summed E-state index contributed by atoms with van der Waals surface area (Å²) in [6.07, 6.45) is 1.23. The summed E-state index contributed by atoms with van der Waals surface area (Å²) in [5.41, 5.74) is 0.918. The molecule has 0 amide bonds. The van der Waals surface area contributed by atoms with Gasteiger partial charge in [-0.15, -0.1) is 11.3 Å². The quantitative estimate of drug-likeness (QED) is 0.878. The average molecular weight is 248 g/mol. The molecule has 0 radical (unpaired) electrons. The van der Waals surface area contributed by atoms with E-state index >= 15 is 0 Å². The van der Waals surface area contributed by atoms with Crippen molar-refractivity contribution in [2.45, 2.75) is 18.9 Å². The van der Waals surface area contributed by atoms with E-state index in [0.29, 0.717) is 0 Å². The van der Waals surface area contributed by atoms with Crippen LogP contribution in [0.3, 0.4) is 0 Å². The Morgan fingerprint density at radius 2 is 2.18 bits per heavy atom. The molecule has 1 aromatic heterocycles. The van der Waals surface area contributed by atoms with Crippen LogP contribution in [0.25, 0.3) is 0 Å². The lowest BCUT2D eigenvalue weighted by Crippen LogP contribution is -1.99. The van der Waals surface area contributed by atoms with Crippen LogP contribution in [0, 0.1) is 0 Å². The van der Waals surface area contributed by atoms with Crippen molar-refractivity contribution >= 4 is 11.3 Å². The van der Waals surface area contributed by atoms with Gasteiger partial charge in [0, 0.05) is 4.88 Å². The van der Waals surface area contributed by atoms with E-state index in [1.807, 2.05) is 30.3 Å². The molecule has 1 unspecified atom stereocenters. The highest BCUT2D eigenvalue weighted by Gasteiger charge is 2.08. The van der Waals surface area contributed by atoms with Gasteiger partial charge in [-0.3, -0.25) is 0 Å². The fourth-order valence-corrected chi connectivity index (χ4v) is 2.47. The van der Waals surface area contributed by atoms with Crippen LogP contribution in [0.15, 0.2) is 41.8 Å². The molecule has 1 N–H and O–H groups in total. The number of aryl methyl sites for hydroxylation is 1. The molecule has 17 heavy (non-hydrogen) atoms. The molecular formula is C14H16O2S. The maximum absolute atomic E-state index is 10.1. The topological polar surface area (TPSA) is 29.5 Å². The number of hydrogen-bond acceptors (Lipinski definition) is 3. The first-order chi connectivity index (χ1) is 8.29. The van der Waals surface area contributed by atoms with E-state index < -0.39 is 6.10 Å². The predicted molar refractivity (Wildman–Crippen MR) is 70.6 cm³/mol. The number of hydrogen-bond donors (Lipinski definition) is 1. The van der Waals surface area contributed by atoms with E-state index in [0.717, 1.165) is 24.2 Å². The predicted octanol–water partition coefficient (Wildman–Crippen LogP) is 3.42. The van der Waals surface area contributed by atoms with E-state index in [-0.39, 0.29) is 0 Å². The lowest BCUT2D eigenvalue weighted by Gasteiger charge is -2.11. The minimum Gasteiger partial charge on any atom is -0.497 e. The third kappa shape index (κ3) is 3.32. The summed E-state index contributed by atoms with van der Waals surface area (Å²) in [6, 6.07) is 11.7. The molecule has 0 aliphatic heterocycles. The van der Waals surface area contributed by atoms with E-state index in [1.54, 1.807) is 18.4 Å². The SMILES string of the molecule is COc1cccc(C(O)CCc2cccs2)c1. The first-order valence-electron chi connectivity index (χ1n) is 5.64. The number of methoxy groups -OCH3 is 1. The smallest absolute Gasteiger partial charge is 0.119 e. The van der Waals surface area contributed by atoms with Crippen LogP contribution in [0.2, 0.25) is 0 Å². The monoisotopic (exact) mass is 248 g/mol. The van der Waals surface area contributed by atoms with Crippen LogP contribution in [-0.4, -0.2) is 12.2 Å². The fourth-order valence-electron chi connectivity index (χ4n) is 1.75. The fraction of sp³-hybridized carbons (Fsp3) is 0.286. The minimum absolute atomic E-state index is 0.424. The van der Waals surface area contributed by atoms with E-state index in [9.17, 15) is 5.11 Å². The summed E-state index contributed by atoms with van der Waals surface area (Å²) in [5.74, 6) is 0.790. The van der Waals surface area contributed by atoms with E-state index in [2.05, 4.69) is 11.4 Å². The van der Waals surface area contributed by atoms with Gasteiger partial charge in [-0.25, -0.2) is 0 Å². The van der Waals surface area contributed by atoms with Crippen LogP contribution < -0.4 is 4.74 Å². The molecule has 0 saturated heterocycles. The largest absolute Gasteiger partial charge is 0.497 e. The third-order valence-corrected chi connectivity index (χ3v) is 3.66. The van der Waals surface area contributed by atoms with Gasteiger partial charge >= 0.3 is 0 Å². The number of aliphatic hydroxyl groups is 1. The van der Waals surface area contributed by atoms with Crippen molar-refractivity contribution < 1.29 is 9.84 Å². The Balaban J connectivity index is 1.96. The lowest BCUT2D eigenvalue weighted by molar-refractivity contribution is 0.167. The zero-order chi connectivity index (χ0) is 12.1. The normalized spacial score (nSPS) is 12.4. The highest BCUT2D eigenvalue weighted by molar-refractivity contribution is 7.09. The molecule has 90 valence electrons. The van der Waals surface area contributed by atoms with Crippen molar-refractivity contribution in [2.24, 2.45) is 0 Å². The first-order valence-corrected chi connectivity index (χ1v) is 6.52. The van der Waals surface area contributed by atoms with Crippen molar-refractivity contribution in [3.63, 3.8) is 0 Å². The Labute approximate surface area is 105 Å². The summed E-state index contributed by atoms with van der Waals surface area (Å²) in [6.45, 7) is 0. The van der Waals surface area contributed by atoms with Gasteiger partial charge in [0.1, 0.15) is 5.75 Å². The van der Waals surface area contributed by atoms with Gasteiger partial charge in [0.25, 0.3) is 0 Å². The zero-order valence-electron chi connectivity index (χ0n) is 9.80. The molecule has 0 bridgehead atoms. The van der Waals surface area contributed by atoms with Crippen molar-refractivity contribution in [3.8, 4) is 5.75 Å². The molecule has 1 heterocycles. The second kappa shape index (κ2) is 5.84. The maximum Gasteiger partial charge on any atom is 0.119 e. The molecule has 1 aromatic carbocycles. The van der Waals surface area contributed by atoms with Crippen LogP contribution in [0.5, 0.6) is 5.75 Å². The second-order valence-corrected chi connectivity index (χ2v) is 4.94. The van der Waals surface area contributed by atoms with Crippen LogP contribution >= 0.6 is 11.3 Å². The Morgan fingerprint density at radius 1 is 1.29 bits per heavy atom. The summed E-state index contributed by atoms with van der Waals surface area (Å²) in [5, 5.41) is 12.2. The standard InChI is InChI=1S/C14H16O2S/c1-16-12-5-2-4-11(10-12)14(15)8-7-13-6-3-9-17-13/h2-6,9-10,14-15H,7-8H2,1H3. The summed E-state index contributed by atoms with van der Waals surface area (Å²) < 4.78 is 5.15. The minimum atomic E-state index is -0.424. The third-order valence-electron chi connectivity index (χ3n) is 2.72. The van der Waals surface area contributed by atoms with E-state index in [4.69, 9.17) is 4.74 Å². The molecule has 2 nitrogen and oxygen atoms in total. The molecule has 2 aromatic rings. The molecule has 0 saturated carbocycles. The summed E-state index contributed by atoms with van der Waals surface area (Å²) in [7, 11) is 1.64. The molecule has 3 heteroatoms. The molecular weight excluding hydrogens is 232 g/mol. The Morgan fingerprint density at radius 3 is 2.88 bits per heavy atom. The number of ether oxygens (including phenoxy) is 1. The lowest BCUT2D eigenvalue weighted by atomic mass is 10.0. The summed E-state index contributed by atoms with van der Waals surface area (Å²) >= 11 is 1.73. The molecule has 0 aliphatic rings. The summed E-state index contributed by atoms with van der Waals surface area (Å²) in [4.78, 5) is 1.31. The van der Waals surface area contributed by atoms with Crippen molar-refractivity contribution in [1.82, 2.24) is 0 Å². The molecule has 2 rings (SSSR count). The Kier molecular flexibility index (Phi) is 4.18. The van der Waals surface area contributed by atoms with E-state index in [1.165, 1.54) is 4.88 Å². The molecule has 0 spiro atoms. The molecule has 0 aliphatic carbocycles. The Hall–Kier alpha value is -1.32. The van der Waals surface area contributed by atoms with Gasteiger partial charge in [0.15, 0.2) is 0 Å². The average Bonchev–Trinajstić information content (AvgIpc) is 2.89. The molecule has 0 fully saturated rings. The van der Waals surface area contributed by atoms with Gasteiger partial charge < -0.3 is 9.84 Å². The number of thiophene rings is 1.